The zero-order chi connectivity index (χ0) is 14.1. The van der Waals surface area contributed by atoms with Crippen LogP contribution in [0, 0.1) is 13.8 Å². The molecule has 1 heteroatoms. The van der Waals surface area contributed by atoms with Gasteiger partial charge in [0.05, 0.1) is 5.92 Å². The van der Waals surface area contributed by atoms with Crippen molar-refractivity contribution >= 4 is 11.9 Å². The van der Waals surface area contributed by atoms with E-state index in [0.29, 0.717) is 0 Å². The van der Waals surface area contributed by atoms with E-state index in [1.807, 2.05) is 6.08 Å². The fraction of sp³-hybridized carbons (Fsp3) is 0.211. The number of ketones is 1. The molecule has 1 nitrogen and oxygen atoms in total. The van der Waals surface area contributed by atoms with Crippen molar-refractivity contribution in [1.29, 1.82) is 0 Å². The first-order chi connectivity index (χ1) is 9.63. The third-order valence-corrected chi connectivity index (χ3v) is 3.95. The van der Waals surface area contributed by atoms with Crippen LogP contribution in [0.25, 0.3) is 6.08 Å². The summed E-state index contributed by atoms with van der Waals surface area (Å²) in [6, 6.07) is 14.8. The van der Waals surface area contributed by atoms with E-state index < -0.39 is 0 Å². The Kier molecular flexibility index (Phi) is 3.27. The summed E-state index contributed by atoms with van der Waals surface area (Å²) in [5.41, 5.74) is 6.02. The highest BCUT2D eigenvalue weighted by molar-refractivity contribution is 6.02. The Labute approximate surface area is 120 Å². The molecule has 0 saturated carbocycles. The van der Waals surface area contributed by atoms with Gasteiger partial charge in [-0.2, -0.15) is 0 Å². The van der Waals surface area contributed by atoms with E-state index in [4.69, 9.17) is 0 Å². The molecule has 1 atom stereocenters. The lowest BCUT2D eigenvalue weighted by Gasteiger charge is -2.21. The highest BCUT2D eigenvalue weighted by atomic mass is 16.1. The van der Waals surface area contributed by atoms with Gasteiger partial charge in [0.1, 0.15) is 0 Å². The summed E-state index contributed by atoms with van der Waals surface area (Å²) >= 11 is 0. The first-order valence-corrected chi connectivity index (χ1v) is 7.01. The number of fused-ring (bicyclic) bond motifs is 1. The van der Waals surface area contributed by atoms with E-state index in [1.165, 1.54) is 22.3 Å². The maximum absolute atomic E-state index is 12.3. The minimum atomic E-state index is -0.0439. The second-order valence-corrected chi connectivity index (χ2v) is 5.61. The molecule has 3 rings (SSSR count). The normalized spacial score (nSPS) is 17.1. The molecule has 0 bridgehead atoms. The summed E-state index contributed by atoms with van der Waals surface area (Å²) in [6.45, 7) is 4.16. The summed E-state index contributed by atoms with van der Waals surface area (Å²) in [6.07, 6.45) is 4.43. The molecule has 0 aromatic heterocycles. The van der Waals surface area contributed by atoms with Gasteiger partial charge in [-0.25, -0.2) is 0 Å². The molecule has 0 N–H and O–H groups in total. The lowest BCUT2D eigenvalue weighted by atomic mass is 9.81. The van der Waals surface area contributed by atoms with Gasteiger partial charge in [0.2, 0.25) is 0 Å². The molecule has 1 aliphatic rings. The van der Waals surface area contributed by atoms with Crippen LogP contribution < -0.4 is 0 Å². The van der Waals surface area contributed by atoms with E-state index >= 15 is 0 Å². The van der Waals surface area contributed by atoms with Gasteiger partial charge in [-0.15, -0.1) is 0 Å². The molecule has 1 unspecified atom stereocenters. The number of carbonyl (C=O) groups excluding carboxylic acids is 1. The number of rotatable bonds is 2. The minimum absolute atomic E-state index is 0.0439. The summed E-state index contributed by atoms with van der Waals surface area (Å²) in [4.78, 5) is 12.3. The van der Waals surface area contributed by atoms with Gasteiger partial charge in [-0.05, 0) is 43.0 Å². The third-order valence-electron chi connectivity index (χ3n) is 3.95. The van der Waals surface area contributed by atoms with E-state index in [-0.39, 0.29) is 11.7 Å². The van der Waals surface area contributed by atoms with Crippen LogP contribution in [0.4, 0.5) is 0 Å². The maximum Gasteiger partial charge on any atom is 0.163 e. The zero-order valence-corrected chi connectivity index (χ0v) is 11.9. The number of hydrogen-bond acceptors (Lipinski definition) is 1. The Morgan fingerprint density at radius 3 is 2.35 bits per heavy atom. The molecule has 0 fully saturated rings. The molecule has 0 saturated heterocycles. The first-order valence-electron chi connectivity index (χ1n) is 7.01. The number of allylic oxidation sites excluding steroid dienone is 1. The smallest absolute Gasteiger partial charge is 0.163 e. The van der Waals surface area contributed by atoms with Gasteiger partial charge in [0, 0.05) is 0 Å². The minimum Gasteiger partial charge on any atom is -0.294 e. The fourth-order valence-electron chi connectivity index (χ4n) is 2.76. The Balaban J connectivity index is 1.96. The largest absolute Gasteiger partial charge is 0.294 e. The predicted molar refractivity (Wildman–Crippen MR) is 82.8 cm³/mol. The van der Waals surface area contributed by atoms with Crippen LogP contribution in [0.2, 0.25) is 0 Å². The topological polar surface area (TPSA) is 17.1 Å². The molecule has 1 aliphatic carbocycles. The maximum atomic E-state index is 12.3. The van der Waals surface area contributed by atoms with Crippen LogP contribution in [-0.4, -0.2) is 5.78 Å². The highest BCUT2D eigenvalue weighted by Crippen LogP contribution is 2.31. The number of hydrogen-bond donors (Lipinski definition) is 0. The molecule has 0 radical (unpaired) electrons. The third kappa shape index (κ3) is 2.44. The average Bonchev–Trinajstić information content (AvgIpc) is 2.44. The van der Waals surface area contributed by atoms with Gasteiger partial charge in [0.15, 0.2) is 5.78 Å². The Bertz CT molecular complexity index is 677. The summed E-state index contributed by atoms with van der Waals surface area (Å²) in [5.74, 6) is 0.168. The van der Waals surface area contributed by atoms with Gasteiger partial charge in [-0.3, -0.25) is 4.79 Å². The predicted octanol–water partition coefficient (Wildman–Crippen LogP) is 4.23. The average molecular weight is 262 g/mol. The second kappa shape index (κ2) is 5.09. The molecule has 20 heavy (non-hydrogen) atoms. The number of benzene rings is 2. The Morgan fingerprint density at radius 2 is 1.60 bits per heavy atom. The van der Waals surface area contributed by atoms with Crippen LogP contribution in [0.1, 0.15) is 33.7 Å². The van der Waals surface area contributed by atoms with Crippen molar-refractivity contribution in [2.24, 2.45) is 0 Å². The van der Waals surface area contributed by atoms with Crippen molar-refractivity contribution in [2.75, 3.05) is 0 Å². The van der Waals surface area contributed by atoms with Crippen LogP contribution in [0.5, 0.6) is 0 Å². The standard InChI is InChI=1S/C19H18O/c1-13-3-6-15(7-4-13)12-18-17-11-14(2)5-8-16(17)9-10-19(18)20/h3-11,18H,12H2,1-2H3. The zero-order valence-electron chi connectivity index (χ0n) is 11.9. The quantitative estimate of drug-likeness (QED) is 0.791. The van der Waals surface area contributed by atoms with Crippen LogP contribution >= 0.6 is 0 Å². The van der Waals surface area contributed by atoms with E-state index in [0.717, 1.165) is 12.0 Å². The summed E-state index contributed by atoms with van der Waals surface area (Å²) in [5, 5.41) is 0. The summed E-state index contributed by atoms with van der Waals surface area (Å²) in [7, 11) is 0. The van der Waals surface area contributed by atoms with Gasteiger partial charge in [0.25, 0.3) is 0 Å². The molecule has 0 aliphatic heterocycles. The monoisotopic (exact) mass is 262 g/mol. The first kappa shape index (κ1) is 12.9. The molecule has 0 heterocycles. The fourth-order valence-corrected chi connectivity index (χ4v) is 2.76. The number of carbonyl (C=O) groups is 1. The van der Waals surface area contributed by atoms with E-state index in [2.05, 4.69) is 56.3 Å². The van der Waals surface area contributed by atoms with Crippen molar-refractivity contribution in [1.82, 2.24) is 0 Å². The molecular weight excluding hydrogens is 244 g/mol. The lowest BCUT2D eigenvalue weighted by molar-refractivity contribution is -0.116. The van der Waals surface area contributed by atoms with Crippen LogP contribution in [-0.2, 0) is 11.2 Å². The summed E-state index contributed by atoms with van der Waals surface area (Å²) < 4.78 is 0. The Hall–Kier alpha value is -2.15. The molecule has 2 aromatic rings. The second-order valence-electron chi connectivity index (χ2n) is 5.61. The van der Waals surface area contributed by atoms with Gasteiger partial charge < -0.3 is 0 Å². The lowest BCUT2D eigenvalue weighted by Crippen LogP contribution is -2.17. The molecule has 2 aromatic carbocycles. The van der Waals surface area contributed by atoms with Gasteiger partial charge >= 0.3 is 0 Å². The molecular formula is C19H18O. The SMILES string of the molecule is Cc1ccc(CC2C(=O)C=Cc3ccc(C)cc32)cc1. The molecule has 100 valence electrons. The highest BCUT2D eigenvalue weighted by Gasteiger charge is 2.24. The number of aryl methyl sites for hydroxylation is 2. The van der Waals surface area contributed by atoms with Crippen molar-refractivity contribution < 1.29 is 4.79 Å². The van der Waals surface area contributed by atoms with Crippen molar-refractivity contribution in [2.45, 2.75) is 26.2 Å². The van der Waals surface area contributed by atoms with E-state index in [1.54, 1.807) is 6.08 Å². The van der Waals surface area contributed by atoms with Crippen LogP contribution in [0.15, 0.2) is 48.5 Å². The molecule has 0 spiro atoms. The van der Waals surface area contributed by atoms with Gasteiger partial charge in [-0.1, -0.05) is 59.7 Å². The van der Waals surface area contributed by atoms with E-state index in [9.17, 15) is 4.79 Å². The van der Waals surface area contributed by atoms with Crippen molar-refractivity contribution in [3.05, 3.63) is 76.4 Å². The Morgan fingerprint density at radius 1 is 0.900 bits per heavy atom. The molecule has 0 amide bonds. The van der Waals surface area contributed by atoms with Crippen LogP contribution in [0.3, 0.4) is 0 Å². The van der Waals surface area contributed by atoms with Crippen molar-refractivity contribution in [3.8, 4) is 0 Å². The van der Waals surface area contributed by atoms with Crippen molar-refractivity contribution in [3.63, 3.8) is 0 Å².